The van der Waals surface area contributed by atoms with Crippen molar-refractivity contribution in [1.82, 2.24) is 4.57 Å². The summed E-state index contributed by atoms with van der Waals surface area (Å²) in [5.74, 6) is -0.527. The van der Waals surface area contributed by atoms with Crippen molar-refractivity contribution in [3.8, 4) is 6.07 Å². The van der Waals surface area contributed by atoms with Gasteiger partial charge in [-0.1, -0.05) is 0 Å². The Bertz CT molecular complexity index is 607. The van der Waals surface area contributed by atoms with E-state index in [1.54, 1.807) is 29.8 Å². The molecular weight excluding hydrogens is 231 g/mol. The van der Waals surface area contributed by atoms with Crippen LogP contribution in [0.5, 0.6) is 0 Å². The van der Waals surface area contributed by atoms with Crippen LogP contribution in [0.1, 0.15) is 29.0 Å². The van der Waals surface area contributed by atoms with Crippen molar-refractivity contribution >= 4 is 5.78 Å². The van der Waals surface area contributed by atoms with Gasteiger partial charge in [0, 0.05) is 11.8 Å². The van der Waals surface area contributed by atoms with Gasteiger partial charge in [-0.25, -0.2) is 4.39 Å². The van der Waals surface area contributed by atoms with E-state index in [2.05, 4.69) is 0 Å². The van der Waals surface area contributed by atoms with Gasteiger partial charge in [-0.15, -0.1) is 0 Å². The molecule has 0 bridgehead atoms. The molecular formula is C14H11FN2O. The van der Waals surface area contributed by atoms with Crippen molar-refractivity contribution in [2.24, 2.45) is 0 Å². The molecule has 0 saturated carbocycles. The van der Waals surface area contributed by atoms with E-state index in [-0.39, 0.29) is 11.6 Å². The van der Waals surface area contributed by atoms with Crippen LogP contribution in [0.25, 0.3) is 0 Å². The Kier molecular flexibility index (Phi) is 3.24. The average molecular weight is 242 g/mol. The molecule has 1 heterocycles. The van der Waals surface area contributed by atoms with Crippen molar-refractivity contribution in [3.05, 3.63) is 59.7 Å². The molecule has 0 saturated heterocycles. The summed E-state index contributed by atoms with van der Waals surface area (Å²) in [6, 6.07) is 10.3. The molecule has 1 atom stereocenters. The zero-order valence-electron chi connectivity index (χ0n) is 9.80. The Balaban J connectivity index is 2.30. The first-order chi connectivity index (χ1) is 8.63. The normalized spacial score (nSPS) is 11.8. The van der Waals surface area contributed by atoms with Crippen molar-refractivity contribution in [1.29, 1.82) is 5.26 Å². The first-order valence-electron chi connectivity index (χ1n) is 5.50. The molecule has 0 aliphatic carbocycles. The second-order valence-corrected chi connectivity index (χ2v) is 3.96. The number of benzene rings is 1. The number of ketones is 1. The van der Waals surface area contributed by atoms with E-state index in [4.69, 9.17) is 5.26 Å². The first kappa shape index (κ1) is 12.1. The number of hydrogen-bond acceptors (Lipinski definition) is 2. The molecule has 2 rings (SSSR count). The van der Waals surface area contributed by atoms with Gasteiger partial charge in [0.1, 0.15) is 17.6 Å². The van der Waals surface area contributed by atoms with E-state index < -0.39 is 6.04 Å². The third-order valence-corrected chi connectivity index (χ3v) is 2.82. The van der Waals surface area contributed by atoms with Crippen molar-refractivity contribution in [2.45, 2.75) is 13.0 Å². The molecule has 18 heavy (non-hydrogen) atoms. The summed E-state index contributed by atoms with van der Waals surface area (Å²) in [6.07, 6.45) is 1.69. The molecule has 0 radical (unpaired) electrons. The smallest absolute Gasteiger partial charge is 0.185 e. The summed E-state index contributed by atoms with van der Waals surface area (Å²) in [5.41, 5.74) is 0.861. The monoisotopic (exact) mass is 242 g/mol. The second-order valence-electron chi connectivity index (χ2n) is 3.96. The Morgan fingerprint density at radius 3 is 2.61 bits per heavy atom. The fraction of sp³-hybridized carbons (Fsp3) is 0.143. The third-order valence-electron chi connectivity index (χ3n) is 2.82. The number of carbonyl (C=O) groups excluding carboxylic acids is 1. The number of halogens is 1. The molecule has 1 unspecified atom stereocenters. The van der Waals surface area contributed by atoms with Gasteiger partial charge in [-0.3, -0.25) is 4.79 Å². The van der Waals surface area contributed by atoms with Crippen LogP contribution in [0.2, 0.25) is 0 Å². The van der Waals surface area contributed by atoms with Crippen molar-refractivity contribution in [2.75, 3.05) is 0 Å². The van der Waals surface area contributed by atoms with Gasteiger partial charge in [-0.2, -0.15) is 5.26 Å². The van der Waals surface area contributed by atoms with Crippen LogP contribution in [-0.2, 0) is 0 Å². The van der Waals surface area contributed by atoms with E-state index in [0.717, 1.165) is 0 Å². The summed E-state index contributed by atoms with van der Waals surface area (Å²) in [6.45, 7) is 1.71. The molecule has 2 aromatic rings. The van der Waals surface area contributed by atoms with Crippen LogP contribution in [0.4, 0.5) is 4.39 Å². The Morgan fingerprint density at radius 2 is 2.00 bits per heavy atom. The van der Waals surface area contributed by atoms with Crippen LogP contribution in [0.15, 0.2) is 42.6 Å². The highest BCUT2D eigenvalue weighted by atomic mass is 19.1. The van der Waals surface area contributed by atoms with Gasteiger partial charge >= 0.3 is 0 Å². The molecule has 0 aliphatic heterocycles. The highest BCUT2D eigenvalue weighted by Crippen LogP contribution is 2.17. The third kappa shape index (κ3) is 2.16. The molecule has 0 amide bonds. The molecule has 4 heteroatoms. The van der Waals surface area contributed by atoms with Crippen molar-refractivity contribution in [3.63, 3.8) is 0 Å². The van der Waals surface area contributed by atoms with Gasteiger partial charge in [-0.05, 0) is 43.3 Å². The van der Waals surface area contributed by atoms with Crippen LogP contribution in [0.3, 0.4) is 0 Å². The molecule has 3 nitrogen and oxygen atoms in total. The average Bonchev–Trinajstić information content (AvgIpc) is 2.86. The predicted octanol–water partition coefficient (Wildman–Crippen LogP) is 2.94. The molecule has 1 aromatic carbocycles. The number of aromatic nitrogens is 1. The summed E-state index contributed by atoms with van der Waals surface area (Å²) < 4.78 is 14.4. The van der Waals surface area contributed by atoms with Gasteiger partial charge in [0.05, 0.1) is 6.04 Å². The van der Waals surface area contributed by atoms with Crippen LogP contribution in [-0.4, -0.2) is 10.4 Å². The number of hydrogen-bond donors (Lipinski definition) is 0. The van der Waals surface area contributed by atoms with Gasteiger partial charge in [0.25, 0.3) is 0 Å². The molecule has 90 valence electrons. The molecule has 0 N–H and O–H groups in total. The lowest BCUT2D eigenvalue weighted by Gasteiger charge is -2.13. The van der Waals surface area contributed by atoms with Gasteiger partial charge in [0.15, 0.2) is 5.78 Å². The number of nitriles is 1. The predicted molar refractivity (Wildman–Crippen MR) is 64.6 cm³/mol. The zero-order chi connectivity index (χ0) is 13.1. The lowest BCUT2D eigenvalue weighted by Crippen LogP contribution is -2.17. The number of carbonyl (C=O) groups is 1. The van der Waals surface area contributed by atoms with Crippen LogP contribution in [0, 0.1) is 17.1 Å². The van der Waals surface area contributed by atoms with Crippen molar-refractivity contribution < 1.29 is 9.18 Å². The Morgan fingerprint density at radius 1 is 1.33 bits per heavy atom. The summed E-state index contributed by atoms with van der Waals surface area (Å²) in [5, 5.41) is 8.91. The SMILES string of the molecule is CC(C(=O)c1ccc(F)cc1)n1cccc1C#N. The Hall–Kier alpha value is -2.41. The van der Waals surface area contributed by atoms with E-state index >= 15 is 0 Å². The highest BCUT2D eigenvalue weighted by molar-refractivity contribution is 5.98. The number of nitrogens with zero attached hydrogens (tertiary/aromatic N) is 2. The van der Waals surface area contributed by atoms with Crippen LogP contribution < -0.4 is 0 Å². The molecule has 0 fully saturated rings. The maximum atomic E-state index is 12.8. The summed E-state index contributed by atoms with van der Waals surface area (Å²) in [4.78, 5) is 12.2. The van der Waals surface area contributed by atoms with Gasteiger partial charge in [0.2, 0.25) is 0 Å². The largest absolute Gasteiger partial charge is 0.329 e. The summed E-state index contributed by atoms with van der Waals surface area (Å²) >= 11 is 0. The minimum absolute atomic E-state index is 0.150. The maximum absolute atomic E-state index is 12.8. The molecule has 0 aliphatic rings. The molecule has 0 spiro atoms. The van der Waals surface area contributed by atoms with E-state index in [1.807, 2.05) is 6.07 Å². The summed E-state index contributed by atoms with van der Waals surface area (Å²) in [7, 11) is 0. The highest BCUT2D eigenvalue weighted by Gasteiger charge is 2.18. The maximum Gasteiger partial charge on any atom is 0.185 e. The second kappa shape index (κ2) is 4.84. The van der Waals surface area contributed by atoms with Gasteiger partial charge < -0.3 is 4.57 Å². The van der Waals surface area contributed by atoms with E-state index in [9.17, 15) is 9.18 Å². The van der Waals surface area contributed by atoms with E-state index in [0.29, 0.717) is 11.3 Å². The quantitative estimate of drug-likeness (QED) is 0.777. The fourth-order valence-corrected chi connectivity index (χ4v) is 1.81. The minimum atomic E-state index is -0.486. The lowest BCUT2D eigenvalue weighted by atomic mass is 10.1. The lowest BCUT2D eigenvalue weighted by molar-refractivity contribution is 0.0934. The zero-order valence-corrected chi connectivity index (χ0v) is 9.80. The number of Topliss-reactive ketones (excluding diaryl/α,β-unsaturated/α-hetero) is 1. The van der Waals surface area contributed by atoms with Crippen LogP contribution >= 0.6 is 0 Å². The Labute approximate surface area is 104 Å². The standard InChI is InChI=1S/C14H11FN2O/c1-10(17-8-2-3-13(17)9-16)14(18)11-4-6-12(15)7-5-11/h2-8,10H,1H3. The molecule has 1 aromatic heterocycles. The number of rotatable bonds is 3. The minimum Gasteiger partial charge on any atom is -0.329 e. The first-order valence-corrected chi connectivity index (χ1v) is 5.50. The fourth-order valence-electron chi connectivity index (χ4n) is 1.81. The van der Waals surface area contributed by atoms with E-state index in [1.165, 1.54) is 24.3 Å². The topological polar surface area (TPSA) is 45.8 Å².